The molecule has 28 heavy (non-hydrogen) atoms. The molecule has 0 radical (unpaired) electrons. The molecule has 0 spiro atoms. The second-order valence-corrected chi connectivity index (χ2v) is 8.04. The number of hydrogen-bond acceptors (Lipinski definition) is 3. The molecule has 5 nitrogen and oxygen atoms in total. The highest BCUT2D eigenvalue weighted by Gasteiger charge is 2.35. The lowest BCUT2D eigenvalue weighted by Crippen LogP contribution is -2.28. The van der Waals surface area contributed by atoms with E-state index in [1.54, 1.807) is 23.1 Å². The molecule has 1 N–H and O–H groups in total. The van der Waals surface area contributed by atoms with Crippen molar-refractivity contribution in [2.75, 3.05) is 23.4 Å². The Morgan fingerprint density at radius 1 is 1.18 bits per heavy atom. The van der Waals surface area contributed by atoms with E-state index in [0.29, 0.717) is 34.8 Å². The van der Waals surface area contributed by atoms with Crippen LogP contribution in [0, 0.1) is 11.8 Å². The van der Waals surface area contributed by atoms with Crippen molar-refractivity contribution in [3.05, 3.63) is 52.5 Å². The molecular formula is C21H22Cl2N2O3. The lowest BCUT2D eigenvalue weighted by Gasteiger charge is -2.17. The molecule has 1 aliphatic rings. The van der Waals surface area contributed by atoms with Gasteiger partial charge in [-0.15, -0.1) is 0 Å². The first-order chi connectivity index (χ1) is 13.3. The van der Waals surface area contributed by atoms with Gasteiger partial charge in [0, 0.05) is 24.3 Å². The van der Waals surface area contributed by atoms with Crippen LogP contribution in [-0.2, 0) is 9.59 Å². The third kappa shape index (κ3) is 4.97. The summed E-state index contributed by atoms with van der Waals surface area (Å²) in [6.45, 7) is 5.14. The second-order valence-electron chi connectivity index (χ2n) is 7.22. The molecule has 148 valence electrons. The summed E-state index contributed by atoms with van der Waals surface area (Å²) in [5.41, 5.74) is 1.31. The standard InChI is InChI=1S/C21H22Cl2N2O3/c1-13(2)12-28-17-6-4-16(5-7-17)25-11-14(9-20(25)26)21(27)24-15-3-8-18(22)19(23)10-15/h3-8,10,13-14H,9,11-12H2,1-2H3,(H,24,27)/t14-/m0/s1. The second kappa shape index (κ2) is 8.84. The fraction of sp³-hybridized carbons (Fsp3) is 0.333. The zero-order chi connectivity index (χ0) is 20.3. The van der Waals surface area contributed by atoms with Gasteiger partial charge in [-0.25, -0.2) is 0 Å². The van der Waals surface area contributed by atoms with Gasteiger partial charge in [-0.3, -0.25) is 9.59 Å². The van der Waals surface area contributed by atoms with Crippen molar-refractivity contribution >= 4 is 46.4 Å². The molecule has 1 aliphatic heterocycles. The molecule has 0 aromatic heterocycles. The van der Waals surface area contributed by atoms with E-state index in [4.69, 9.17) is 27.9 Å². The van der Waals surface area contributed by atoms with Gasteiger partial charge in [0.2, 0.25) is 11.8 Å². The summed E-state index contributed by atoms with van der Waals surface area (Å²) in [6, 6.07) is 12.2. The van der Waals surface area contributed by atoms with Crippen LogP contribution in [0.15, 0.2) is 42.5 Å². The number of hydrogen-bond donors (Lipinski definition) is 1. The van der Waals surface area contributed by atoms with Gasteiger partial charge in [0.25, 0.3) is 0 Å². The van der Waals surface area contributed by atoms with Crippen LogP contribution in [0.25, 0.3) is 0 Å². The number of benzene rings is 2. The molecule has 0 bridgehead atoms. The number of rotatable bonds is 6. The van der Waals surface area contributed by atoms with Crippen LogP contribution >= 0.6 is 23.2 Å². The lowest BCUT2D eigenvalue weighted by atomic mass is 10.1. The Balaban J connectivity index is 1.62. The van der Waals surface area contributed by atoms with E-state index in [-0.39, 0.29) is 18.2 Å². The summed E-state index contributed by atoms with van der Waals surface area (Å²) in [5.74, 6) is 0.475. The first kappa shape index (κ1) is 20.5. The Kier molecular flexibility index (Phi) is 6.47. The molecule has 2 aromatic rings. The number of nitrogens with zero attached hydrogens (tertiary/aromatic N) is 1. The monoisotopic (exact) mass is 420 g/mol. The van der Waals surface area contributed by atoms with Gasteiger partial charge in [-0.05, 0) is 48.4 Å². The summed E-state index contributed by atoms with van der Waals surface area (Å²) >= 11 is 11.9. The van der Waals surface area contributed by atoms with Gasteiger partial charge in [0.15, 0.2) is 0 Å². The molecule has 1 fully saturated rings. The van der Waals surface area contributed by atoms with Crippen LogP contribution in [0.3, 0.4) is 0 Å². The number of halogens is 2. The molecule has 1 heterocycles. The molecule has 2 aromatic carbocycles. The van der Waals surface area contributed by atoms with E-state index in [0.717, 1.165) is 11.4 Å². The van der Waals surface area contributed by atoms with Gasteiger partial charge in [-0.2, -0.15) is 0 Å². The molecular weight excluding hydrogens is 399 g/mol. The van der Waals surface area contributed by atoms with Crippen LogP contribution in [0.4, 0.5) is 11.4 Å². The van der Waals surface area contributed by atoms with Gasteiger partial charge >= 0.3 is 0 Å². The molecule has 7 heteroatoms. The summed E-state index contributed by atoms with van der Waals surface area (Å²) in [5, 5.41) is 3.58. The third-order valence-electron chi connectivity index (χ3n) is 4.41. The Morgan fingerprint density at radius 3 is 2.54 bits per heavy atom. The van der Waals surface area contributed by atoms with Gasteiger partial charge in [0.05, 0.1) is 22.6 Å². The first-order valence-corrected chi connectivity index (χ1v) is 9.88. The van der Waals surface area contributed by atoms with E-state index in [9.17, 15) is 9.59 Å². The van der Waals surface area contributed by atoms with Gasteiger partial charge in [-0.1, -0.05) is 37.0 Å². The SMILES string of the molecule is CC(C)COc1ccc(N2C[C@@H](C(=O)Nc3ccc(Cl)c(Cl)c3)CC2=O)cc1. The zero-order valence-electron chi connectivity index (χ0n) is 15.7. The highest BCUT2D eigenvalue weighted by molar-refractivity contribution is 6.42. The zero-order valence-corrected chi connectivity index (χ0v) is 17.3. The molecule has 0 unspecified atom stereocenters. The van der Waals surface area contributed by atoms with Crippen LogP contribution in [-0.4, -0.2) is 25.0 Å². The fourth-order valence-electron chi connectivity index (χ4n) is 2.94. The molecule has 2 amide bonds. The predicted octanol–water partition coefficient (Wildman–Crippen LogP) is 5.02. The summed E-state index contributed by atoms with van der Waals surface area (Å²) < 4.78 is 5.67. The Morgan fingerprint density at radius 2 is 1.89 bits per heavy atom. The largest absolute Gasteiger partial charge is 0.493 e. The predicted molar refractivity (Wildman–Crippen MR) is 112 cm³/mol. The maximum atomic E-state index is 12.6. The minimum atomic E-state index is -0.432. The minimum absolute atomic E-state index is 0.0786. The van der Waals surface area contributed by atoms with Crippen LogP contribution < -0.4 is 15.0 Å². The van der Waals surface area contributed by atoms with Gasteiger partial charge < -0.3 is 15.0 Å². The number of anilines is 2. The van der Waals surface area contributed by atoms with Crippen molar-refractivity contribution in [1.82, 2.24) is 0 Å². The van der Waals surface area contributed by atoms with Crippen LogP contribution in [0.1, 0.15) is 20.3 Å². The number of ether oxygens (including phenoxy) is 1. The summed E-state index contributed by atoms with van der Waals surface area (Å²) in [4.78, 5) is 26.6. The number of nitrogens with one attached hydrogen (secondary N) is 1. The fourth-order valence-corrected chi connectivity index (χ4v) is 3.23. The average Bonchev–Trinajstić information content (AvgIpc) is 3.05. The van der Waals surface area contributed by atoms with E-state index in [2.05, 4.69) is 19.2 Å². The van der Waals surface area contributed by atoms with Gasteiger partial charge in [0.1, 0.15) is 5.75 Å². The van der Waals surface area contributed by atoms with Crippen molar-refractivity contribution in [1.29, 1.82) is 0 Å². The van der Waals surface area contributed by atoms with E-state index in [1.807, 2.05) is 24.3 Å². The first-order valence-electron chi connectivity index (χ1n) is 9.12. The van der Waals surface area contributed by atoms with Crippen molar-refractivity contribution in [3.63, 3.8) is 0 Å². The molecule has 3 rings (SSSR count). The minimum Gasteiger partial charge on any atom is -0.493 e. The quantitative estimate of drug-likeness (QED) is 0.713. The highest BCUT2D eigenvalue weighted by atomic mass is 35.5. The van der Waals surface area contributed by atoms with Crippen molar-refractivity contribution in [2.24, 2.45) is 11.8 Å². The number of amides is 2. The van der Waals surface area contributed by atoms with Crippen molar-refractivity contribution in [2.45, 2.75) is 20.3 Å². The van der Waals surface area contributed by atoms with Crippen molar-refractivity contribution < 1.29 is 14.3 Å². The lowest BCUT2D eigenvalue weighted by molar-refractivity contribution is -0.122. The van der Waals surface area contributed by atoms with Crippen LogP contribution in [0.5, 0.6) is 5.75 Å². The maximum Gasteiger partial charge on any atom is 0.229 e. The Bertz CT molecular complexity index is 868. The number of carbonyl (C=O) groups excluding carboxylic acids is 2. The molecule has 1 atom stereocenters. The molecule has 1 saturated heterocycles. The van der Waals surface area contributed by atoms with E-state index in [1.165, 1.54) is 0 Å². The topological polar surface area (TPSA) is 58.6 Å². The maximum absolute atomic E-state index is 12.6. The average molecular weight is 421 g/mol. The van der Waals surface area contributed by atoms with E-state index < -0.39 is 5.92 Å². The molecule has 0 saturated carbocycles. The van der Waals surface area contributed by atoms with Crippen LogP contribution in [0.2, 0.25) is 10.0 Å². The Hall–Kier alpha value is -2.24. The normalized spacial score (nSPS) is 16.5. The highest BCUT2D eigenvalue weighted by Crippen LogP contribution is 2.29. The summed E-state index contributed by atoms with van der Waals surface area (Å²) in [7, 11) is 0. The Labute approximate surface area is 174 Å². The smallest absolute Gasteiger partial charge is 0.229 e. The third-order valence-corrected chi connectivity index (χ3v) is 5.15. The molecule has 0 aliphatic carbocycles. The van der Waals surface area contributed by atoms with E-state index >= 15 is 0 Å². The number of carbonyl (C=O) groups is 2. The van der Waals surface area contributed by atoms with Crippen molar-refractivity contribution in [3.8, 4) is 5.75 Å². The summed E-state index contributed by atoms with van der Waals surface area (Å²) in [6.07, 6.45) is 0.165.